The standard InChI is InChI=1S/C24H21NO3/c1-16-11-12-21-19(13-16)20(14-23(26)27)24(25-21)18-9-5-6-10-22(18)28-15-17-7-3-2-4-8-17/h2-13,25H,14-15H2,1H3,(H,26,27). The third-order valence-corrected chi connectivity index (χ3v) is 4.78. The Bertz CT molecular complexity index is 1130. The Hall–Kier alpha value is -3.53. The van der Waals surface area contributed by atoms with E-state index in [1.807, 2.05) is 79.7 Å². The van der Waals surface area contributed by atoms with Gasteiger partial charge in [-0.05, 0) is 42.3 Å². The van der Waals surface area contributed by atoms with Crippen molar-refractivity contribution in [3.05, 3.63) is 89.5 Å². The second-order valence-corrected chi connectivity index (χ2v) is 6.87. The fraction of sp³-hybridized carbons (Fsp3) is 0.125. The molecule has 0 amide bonds. The molecule has 4 nitrogen and oxygen atoms in total. The lowest BCUT2D eigenvalue weighted by atomic mass is 10.0. The molecule has 0 atom stereocenters. The van der Waals surface area contributed by atoms with Gasteiger partial charge in [-0.2, -0.15) is 0 Å². The normalized spacial score (nSPS) is 10.9. The summed E-state index contributed by atoms with van der Waals surface area (Å²) in [5.41, 5.74) is 5.54. The molecule has 1 heterocycles. The molecule has 28 heavy (non-hydrogen) atoms. The number of H-pyrrole nitrogens is 1. The Balaban J connectivity index is 1.78. The number of fused-ring (bicyclic) bond motifs is 1. The highest BCUT2D eigenvalue weighted by Crippen LogP contribution is 2.36. The first kappa shape index (κ1) is 17.9. The molecule has 0 saturated heterocycles. The molecule has 4 heteroatoms. The number of aliphatic carboxylic acids is 1. The summed E-state index contributed by atoms with van der Waals surface area (Å²) in [4.78, 5) is 14.9. The highest BCUT2D eigenvalue weighted by Gasteiger charge is 2.18. The molecule has 0 aliphatic heterocycles. The Morgan fingerprint density at radius 1 is 1.00 bits per heavy atom. The zero-order valence-corrected chi connectivity index (χ0v) is 15.6. The molecule has 0 fully saturated rings. The van der Waals surface area contributed by atoms with E-state index in [1.54, 1.807) is 0 Å². The predicted octanol–water partition coefficient (Wildman–Crippen LogP) is 5.35. The van der Waals surface area contributed by atoms with Crippen molar-refractivity contribution in [2.45, 2.75) is 20.0 Å². The van der Waals surface area contributed by atoms with Crippen LogP contribution in [-0.4, -0.2) is 16.1 Å². The summed E-state index contributed by atoms with van der Waals surface area (Å²) in [6.07, 6.45) is -0.0498. The van der Waals surface area contributed by atoms with Crippen LogP contribution in [0.15, 0.2) is 72.8 Å². The molecular formula is C24H21NO3. The van der Waals surface area contributed by atoms with Crippen molar-refractivity contribution in [1.82, 2.24) is 4.98 Å². The first-order valence-corrected chi connectivity index (χ1v) is 9.21. The van der Waals surface area contributed by atoms with Gasteiger partial charge in [0.25, 0.3) is 0 Å². The maximum Gasteiger partial charge on any atom is 0.307 e. The molecule has 0 saturated carbocycles. The molecule has 0 aliphatic rings. The molecule has 2 N–H and O–H groups in total. The van der Waals surface area contributed by atoms with Gasteiger partial charge in [0.2, 0.25) is 0 Å². The molecule has 0 aliphatic carbocycles. The third-order valence-electron chi connectivity index (χ3n) is 4.78. The molecule has 0 unspecified atom stereocenters. The monoisotopic (exact) mass is 371 g/mol. The van der Waals surface area contributed by atoms with Gasteiger partial charge in [0.1, 0.15) is 12.4 Å². The first-order chi connectivity index (χ1) is 13.6. The van der Waals surface area contributed by atoms with Gasteiger partial charge in [0.05, 0.1) is 12.1 Å². The summed E-state index contributed by atoms with van der Waals surface area (Å²) in [5.74, 6) is -0.132. The van der Waals surface area contributed by atoms with Gasteiger partial charge in [-0.1, -0.05) is 54.1 Å². The van der Waals surface area contributed by atoms with E-state index in [2.05, 4.69) is 4.98 Å². The van der Waals surface area contributed by atoms with Gasteiger partial charge in [-0.25, -0.2) is 0 Å². The number of nitrogens with one attached hydrogen (secondary N) is 1. The average molecular weight is 371 g/mol. The number of carboxylic acids is 1. The van der Waals surface area contributed by atoms with E-state index < -0.39 is 5.97 Å². The van der Waals surface area contributed by atoms with E-state index in [9.17, 15) is 9.90 Å². The quantitative estimate of drug-likeness (QED) is 0.480. The minimum atomic E-state index is -0.855. The Morgan fingerprint density at radius 3 is 2.54 bits per heavy atom. The van der Waals surface area contributed by atoms with Crippen LogP contribution in [-0.2, 0) is 17.8 Å². The number of benzene rings is 3. The van der Waals surface area contributed by atoms with Gasteiger partial charge in [0.15, 0.2) is 0 Å². The van der Waals surface area contributed by atoms with Crippen LogP contribution in [0.1, 0.15) is 16.7 Å². The van der Waals surface area contributed by atoms with Crippen LogP contribution in [0.4, 0.5) is 0 Å². The van der Waals surface area contributed by atoms with Crippen LogP contribution >= 0.6 is 0 Å². The van der Waals surface area contributed by atoms with Gasteiger partial charge in [-0.3, -0.25) is 4.79 Å². The van der Waals surface area contributed by atoms with Crippen LogP contribution in [0.3, 0.4) is 0 Å². The van der Waals surface area contributed by atoms with E-state index in [0.717, 1.165) is 44.6 Å². The fourth-order valence-corrected chi connectivity index (χ4v) is 3.46. The molecule has 4 aromatic rings. The SMILES string of the molecule is Cc1ccc2[nH]c(-c3ccccc3OCc3ccccc3)c(CC(=O)O)c2c1. The number of aromatic amines is 1. The third kappa shape index (κ3) is 3.62. The summed E-state index contributed by atoms with van der Waals surface area (Å²) >= 11 is 0. The zero-order chi connectivity index (χ0) is 19.5. The molecule has 0 bridgehead atoms. The van der Waals surface area contributed by atoms with Gasteiger partial charge in [0, 0.05) is 16.5 Å². The number of ether oxygens (including phenoxy) is 1. The van der Waals surface area contributed by atoms with E-state index in [-0.39, 0.29) is 6.42 Å². The summed E-state index contributed by atoms with van der Waals surface area (Å²) in [6, 6.07) is 23.8. The number of hydrogen-bond donors (Lipinski definition) is 2. The van der Waals surface area contributed by atoms with Crippen molar-refractivity contribution < 1.29 is 14.6 Å². The van der Waals surface area contributed by atoms with Crippen molar-refractivity contribution in [2.24, 2.45) is 0 Å². The van der Waals surface area contributed by atoms with Crippen LogP contribution < -0.4 is 4.74 Å². The molecule has 140 valence electrons. The van der Waals surface area contributed by atoms with Crippen molar-refractivity contribution in [1.29, 1.82) is 0 Å². The second-order valence-electron chi connectivity index (χ2n) is 6.87. The van der Waals surface area contributed by atoms with Gasteiger partial charge < -0.3 is 14.8 Å². The minimum absolute atomic E-state index is 0.0498. The van der Waals surface area contributed by atoms with Crippen molar-refractivity contribution >= 4 is 16.9 Å². The largest absolute Gasteiger partial charge is 0.488 e. The number of hydrogen-bond acceptors (Lipinski definition) is 2. The topological polar surface area (TPSA) is 62.3 Å². The first-order valence-electron chi connectivity index (χ1n) is 9.21. The second kappa shape index (κ2) is 7.61. The number of carboxylic acid groups (broad SMARTS) is 1. The van der Waals surface area contributed by atoms with E-state index in [1.165, 1.54) is 0 Å². The van der Waals surface area contributed by atoms with Crippen LogP contribution in [0, 0.1) is 6.92 Å². The maximum atomic E-state index is 11.5. The Morgan fingerprint density at radius 2 is 1.75 bits per heavy atom. The van der Waals surface area contributed by atoms with Crippen LogP contribution in [0.25, 0.3) is 22.2 Å². The van der Waals surface area contributed by atoms with Crippen molar-refractivity contribution in [2.75, 3.05) is 0 Å². The van der Waals surface area contributed by atoms with E-state index >= 15 is 0 Å². The lowest BCUT2D eigenvalue weighted by Gasteiger charge is -2.12. The summed E-state index contributed by atoms with van der Waals surface area (Å²) in [6.45, 7) is 2.46. The number of aromatic nitrogens is 1. The zero-order valence-electron chi connectivity index (χ0n) is 15.6. The number of para-hydroxylation sites is 1. The molecule has 1 aromatic heterocycles. The smallest absolute Gasteiger partial charge is 0.307 e. The van der Waals surface area contributed by atoms with Crippen molar-refractivity contribution in [3.8, 4) is 17.0 Å². The number of aryl methyl sites for hydroxylation is 1. The molecule has 0 radical (unpaired) electrons. The van der Waals surface area contributed by atoms with Gasteiger partial charge in [-0.15, -0.1) is 0 Å². The van der Waals surface area contributed by atoms with E-state index in [0.29, 0.717) is 6.61 Å². The average Bonchev–Trinajstić information content (AvgIpc) is 3.04. The number of rotatable bonds is 6. The number of carbonyl (C=O) groups is 1. The summed E-state index contributed by atoms with van der Waals surface area (Å²) in [7, 11) is 0. The predicted molar refractivity (Wildman–Crippen MR) is 111 cm³/mol. The summed E-state index contributed by atoms with van der Waals surface area (Å²) < 4.78 is 6.09. The Labute approximate surface area is 163 Å². The lowest BCUT2D eigenvalue weighted by molar-refractivity contribution is -0.136. The highest BCUT2D eigenvalue weighted by molar-refractivity contribution is 5.95. The maximum absolute atomic E-state index is 11.5. The molecular weight excluding hydrogens is 350 g/mol. The van der Waals surface area contributed by atoms with Crippen LogP contribution in [0.2, 0.25) is 0 Å². The molecule has 4 rings (SSSR count). The van der Waals surface area contributed by atoms with E-state index in [4.69, 9.17) is 4.74 Å². The van der Waals surface area contributed by atoms with Crippen LogP contribution in [0.5, 0.6) is 5.75 Å². The lowest BCUT2D eigenvalue weighted by Crippen LogP contribution is -2.02. The summed E-state index contributed by atoms with van der Waals surface area (Å²) in [5, 5.41) is 10.4. The molecule has 3 aromatic carbocycles. The van der Waals surface area contributed by atoms with Crippen molar-refractivity contribution in [3.63, 3.8) is 0 Å². The highest BCUT2D eigenvalue weighted by atomic mass is 16.5. The molecule has 0 spiro atoms. The Kier molecular flexibility index (Phi) is 4.85. The minimum Gasteiger partial charge on any atom is -0.488 e. The fourth-order valence-electron chi connectivity index (χ4n) is 3.46. The van der Waals surface area contributed by atoms with Gasteiger partial charge >= 0.3 is 5.97 Å².